The first-order valence-corrected chi connectivity index (χ1v) is 7.32. The van der Waals surface area contributed by atoms with E-state index >= 15 is 0 Å². The number of hydrogen-bond acceptors (Lipinski definition) is 5. The zero-order valence-electron chi connectivity index (χ0n) is 11.2. The SMILES string of the molecule is O=[N+]([O-])c1cnc(N2CCCN3CCC[C@@H]3C2)c(Cl)c1. The highest BCUT2D eigenvalue weighted by Crippen LogP contribution is 2.30. The zero-order valence-corrected chi connectivity index (χ0v) is 11.9. The third-order valence-corrected chi connectivity index (χ3v) is 4.40. The number of nitrogens with zero attached hydrogens (tertiary/aromatic N) is 4. The lowest BCUT2D eigenvalue weighted by Gasteiger charge is -2.26. The Labute approximate surface area is 122 Å². The van der Waals surface area contributed by atoms with Gasteiger partial charge in [-0.1, -0.05) is 11.6 Å². The Hall–Kier alpha value is -1.40. The molecule has 1 aromatic rings. The minimum absolute atomic E-state index is 0.0592. The summed E-state index contributed by atoms with van der Waals surface area (Å²) in [6, 6.07) is 1.95. The molecule has 0 bridgehead atoms. The Morgan fingerprint density at radius 3 is 2.90 bits per heavy atom. The predicted molar refractivity (Wildman–Crippen MR) is 77.3 cm³/mol. The fourth-order valence-electron chi connectivity index (χ4n) is 3.15. The van der Waals surface area contributed by atoms with E-state index in [1.807, 2.05) is 0 Å². The molecule has 0 unspecified atom stereocenters. The summed E-state index contributed by atoms with van der Waals surface area (Å²) in [5, 5.41) is 11.1. The molecular weight excluding hydrogens is 280 g/mol. The minimum Gasteiger partial charge on any atom is -0.354 e. The first kappa shape index (κ1) is 13.6. The number of hydrogen-bond donors (Lipinski definition) is 0. The highest BCUT2D eigenvalue weighted by atomic mass is 35.5. The number of anilines is 1. The number of fused-ring (bicyclic) bond motifs is 1. The van der Waals surface area contributed by atoms with Crippen molar-refractivity contribution in [3.8, 4) is 0 Å². The average Bonchev–Trinajstić information content (AvgIpc) is 2.76. The molecule has 0 aromatic carbocycles. The number of halogens is 1. The third kappa shape index (κ3) is 2.58. The van der Waals surface area contributed by atoms with Crippen LogP contribution in [0.4, 0.5) is 11.5 Å². The van der Waals surface area contributed by atoms with E-state index in [1.54, 1.807) is 0 Å². The van der Waals surface area contributed by atoms with Crippen molar-refractivity contribution >= 4 is 23.1 Å². The molecule has 0 spiro atoms. The molecule has 2 fully saturated rings. The molecule has 0 N–H and O–H groups in total. The molecule has 0 radical (unpaired) electrons. The van der Waals surface area contributed by atoms with Gasteiger partial charge in [0, 0.05) is 31.7 Å². The van der Waals surface area contributed by atoms with Crippen LogP contribution in [-0.4, -0.2) is 47.0 Å². The maximum atomic E-state index is 10.7. The summed E-state index contributed by atoms with van der Waals surface area (Å²) >= 11 is 6.18. The van der Waals surface area contributed by atoms with E-state index in [0.29, 0.717) is 16.9 Å². The number of rotatable bonds is 2. The van der Waals surface area contributed by atoms with Crippen LogP contribution in [0.1, 0.15) is 19.3 Å². The van der Waals surface area contributed by atoms with Gasteiger partial charge in [-0.05, 0) is 25.8 Å². The fourth-order valence-corrected chi connectivity index (χ4v) is 3.43. The summed E-state index contributed by atoms with van der Waals surface area (Å²) < 4.78 is 0. The zero-order chi connectivity index (χ0) is 14.1. The largest absolute Gasteiger partial charge is 0.354 e. The van der Waals surface area contributed by atoms with Gasteiger partial charge in [0.15, 0.2) is 0 Å². The molecule has 7 heteroatoms. The van der Waals surface area contributed by atoms with Crippen LogP contribution in [0.2, 0.25) is 5.02 Å². The summed E-state index contributed by atoms with van der Waals surface area (Å²) in [7, 11) is 0. The highest BCUT2D eigenvalue weighted by Gasteiger charge is 2.30. The van der Waals surface area contributed by atoms with Crippen LogP contribution < -0.4 is 4.90 Å². The second-order valence-electron chi connectivity index (χ2n) is 5.39. The van der Waals surface area contributed by atoms with E-state index in [9.17, 15) is 10.1 Å². The van der Waals surface area contributed by atoms with Crippen molar-refractivity contribution in [2.24, 2.45) is 0 Å². The standard InChI is InChI=1S/C13H17ClN4O2/c14-12-7-11(18(19)20)8-15-13(12)17-6-2-5-16-4-1-3-10(16)9-17/h7-8,10H,1-6,9H2/t10-/m1/s1. The smallest absolute Gasteiger partial charge is 0.289 e. The Kier molecular flexibility index (Phi) is 3.76. The fraction of sp³-hybridized carbons (Fsp3) is 0.615. The molecule has 2 saturated heterocycles. The normalized spacial score (nSPS) is 23.4. The van der Waals surface area contributed by atoms with Crippen LogP contribution in [0.3, 0.4) is 0 Å². The van der Waals surface area contributed by atoms with E-state index in [2.05, 4.69) is 14.8 Å². The van der Waals surface area contributed by atoms with E-state index in [1.165, 1.54) is 31.6 Å². The van der Waals surface area contributed by atoms with Crippen molar-refractivity contribution in [1.29, 1.82) is 0 Å². The second kappa shape index (κ2) is 5.54. The minimum atomic E-state index is -0.468. The summed E-state index contributed by atoms with van der Waals surface area (Å²) in [4.78, 5) is 19.2. The van der Waals surface area contributed by atoms with Gasteiger partial charge in [-0.15, -0.1) is 0 Å². The lowest BCUT2D eigenvalue weighted by atomic mass is 10.2. The van der Waals surface area contributed by atoms with Gasteiger partial charge in [0.05, 0.1) is 9.95 Å². The van der Waals surface area contributed by atoms with E-state index in [0.717, 1.165) is 26.1 Å². The molecule has 0 amide bonds. The molecule has 3 heterocycles. The highest BCUT2D eigenvalue weighted by molar-refractivity contribution is 6.33. The molecule has 0 saturated carbocycles. The molecule has 2 aliphatic rings. The Morgan fingerprint density at radius 2 is 2.15 bits per heavy atom. The summed E-state index contributed by atoms with van der Waals surface area (Å²) in [6.07, 6.45) is 4.82. The van der Waals surface area contributed by atoms with Gasteiger partial charge in [-0.2, -0.15) is 0 Å². The molecule has 6 nitrogen and oxygen atoms in total. The molecule has 3 rings (SSSR count). The van der Waals surface area contributed by atoms with Crippen LogP contribution in [0, 0.1) is 10.1 Å². The Balaban J connectivity index is 1.82. The topological polar surface area (TPSA) is 62.5 Å². The lowest BCUT2D eigenvalue weighted by molar-refractivity contribution is -0.385. The van der Waals surface area contributed by atoms with E-state index in [4.69, 9.17) is 11.6 Å². The van der Waals surface area contributed by atoms with Gasteiger partial charge in [0.1, 0.15) is 12.0 Å². The molecular formula is C13H17ClN4O2. The van der Waals surface area contributed by atoms with Gasteiger partial charge < -0.3 is 4.90 Å². The summed E-state index contributed by atoms with van der Waals surface area (Å²) in [5.74, 6) is 0.672. The number of aromatic nitrogens is 1. The molecule has 1 atom stereocenters. The van der Waals surface area contributed by atoms with Gasteiger partial charge in [-0.3, -0.25) is 15.0 Å². The van der Waals surface area contributed by atoms with Gasteiger partial charge >= 0.3 is 0 Å². The van der Waals surface area contributed by atoms with E-state index in [-0.39, 0.29) is 5.69 Å². The summed E-state index contributed by atoms with van der Waals surface area (Å²) in [6.45, 7) is 4.10. The van der Waals surface area contributed by atoms with Crippen molar-refractivity contribution < 1.29 is 4.92 Å². The quantitative estimate of drug-likeness (QED) is 0.619. The van der Waals surface area contributed by atoms with Crippen LogP contribution in [0.25, 0.3) is 0 Å². The Bertz CT molecular complexity index is 525. The van der Waals surface area contributed by atoms with Crippen molar-refractivity contribution in [3.63, 3.8) is 0 Å². The van der Waals surface area contributed by atoms with Crippen LogP contribution in [0.15, 0.2) is 12.3 Å². The second-order valence-corrected chi connectivity index (χ2v) is 5.79. The molecule has 108 valence electrons. The average molecular weight is 297 g/mol. The maximum absolute atomic E-state index is 10.7. The molecule has 0 aliphatic carbocycles. The van der Waals surface area contributed by atoms with E-state index < -0.39 is 4.92 Å². The van der Waals surface area contributed by atoms with Crippen molar-refractivity contribution in [2.75, 3.05) is 31.1 Å². The summed E-state index contributed by atoms with van der Waals surface area (Å²) in [5.41, 5.74) is -0.0592. The van der Waals surface area contributed by atoms with Gasteiger partial charge in [0.25, 0.3) is 5.69 Å². The van der Waals surface area contributed by atoms with Crippen LogP contribution in [-0.2, 0) is 0 Å². The molecule has 1 aromatic heterocycles. The number of pyridine rings is 1. The van der Waals surface area contributed by atoms with Crippen LogP contribution in [0.5, 0.6) is 0 Å². The van der Waals surface area contributed by atoms with Crippen molar-refractivity contribution in [3.05, 3.63) is 27.4 Å². The molecule has 2 aliphatic heterocycles. The number of nitro groups is 1. The molecule has 20 heavy (non-hydrogen) atoms. The van der Waals surface area contributed by atoms with Gasteiger partial charge in [0.2, 0.25) is 0 Å². The maximum Gasteiger partial charge on any atom is 0.289 e. The predicted octanol–water partition coefficient (Wildman–Crippen LogP) is 2.32. The van der Waals surface area contributed by atoms with Crippen LogP contribution >= 0.6 is 11.6 Å². The first-order valence-electron chi connectivity index (χ1n) is 6.94. The monoisotopic (exact) mass is 296 g/mol. The first-order chi connectivity index (χ1) is 9.65. The van der Waals surface area contributed by atoms with Gasteiger partial charge in [-0.25, -0.2) is 4.98 Å². The lowest BCUT2D eigenvalue weighted by Crippen LogP contribution is -2.37. The van der Waals surface area contributed by atoms with Crippen molar-refractivity contribution in [1.82, 2.24) is 9.88 Å². The van der Waals surface area contributed by atoms with Crippen molar-refractivity contribution in [2.45, 2.75) is 25.3 Å². The third-order valence-electron chi connectivity index (χ3n) is 4.12. The Morgan fingerprint density at radius 1 is 1.35 bits per heavy atom.